The van der Waals surface area contributed by atoms with E-state index >= 15 is 0 Å². The van der Waals surface area contributed by atoms with Gasteiger partial charge in [-0.1, -0.05) is 6.42 Å². The maximum atomic E-state index is 11.7. The lowest BCUT2D eigenvalue weighted by Crippen LogP contribution is -2.58. The van der Waals surface area contributed by atoms with E-state index in [4.69, 9.17) is 18.6 Å². The van der Waals surface area contributed by atoms with Crippen LogP contribution in [0.3, 0.4) is 0 Å². The van der Waals surface area contributed by atoms with Crippen LogP contribution in [-0.4, -0.2) is 29.4 Å². The number of amides is 1. The lowest BCUT2D eigenvalue weighted by atomic mass is 9.87. The Morgan fingerprint density at radius 1 is 1.19 bits per heavy atom. The quantitative estimate of drug-likeness (QED) is 0.708. The number of likely N-dealkylation sites (tertiary alicyclic amines) is 1. The van der Waals surface area contributed by atoms with Crippen molar-refractivity contribution in [2.75, 3.05) is 13.1 Å². The second-order valence-electron chi connectivity index (χ2n) is 4.21. The molecule has 1 saturated heterocycles. The summed E-state index contributed by atoms with van der Waals surface area (Å²) in [6, 6.07) is 0. The van der Waals surface area contributed by atoms with Crippen LogP contribution in [0, 0.1) is 24.7 Å². The van der Waals surface area contributed by atoms with Crippen molar-refractivity contribution in [3.05, 3.63) is 0 Å². The van der Waals surface area contributed by atoms with Gasteiger partial charge in [0, 0.05) is 12.8 Å². The molecule has 0 bridgehead atoms. The number of piperidine rings is 1. The highest BCUT2D eigenvalue weighted by molar-refractivity contribution is 5.85. The Bertz CT molecular complexity index is 313. The lowest BCUT2D eigenvalue weighted by Gasteiger charge is -2.41. The number of carbonyl (C=O) groups is 1. The van der Waals surface area contributed by atoms with E-state index in [-0.39, 0.29) is 0 Å². The Kier molecular flexibility index (Phi) is 4.40. The molecular formula is C13H18N2O. The molecule has 1 fully saturated rings. The summed E-state index contributed by atoms with van der Waals surface area (Å²) in [5, 5.41) is 0. The maximum absolute atomic E-state index is 11.7. The molecule has 0 spiro atoms. The van der Waals surface area contributed by atoms with Gasteiger partial charge in [0.25, 0.3) is 0 Å². The molecule has 1 aliphatic rings. The van der Waals surface area contributed by atoms with Gasteiger partial charge in [-0.15, -0.1) is 24.7 Å². The molecule has 3 nitrogen and oxygen atoms in total. The van der Waals surface area contributed by atoms with Crippen LogP contribution in [0.4, 0.5) is 0 Å². The molecule has 1 heterocycles. The monoisotopic (exact) mass is 218 g/mol. The Labute approximate surface area is 97.4 Å². The van der Waals surface area contributed by atoms with Crippen molar-refractivity contribution in [3.8, 4) is 24.7 Å². The Hall–Kier alpha value is -1.45. The highest BCUT2D eigenvalue weighted by Crippen LogP contribution is 2.27. The molecule has 0 aromatic rings. The number of rotatable bonds is 4. The highest BCUT2D eigenvalue weighted by Gasteiger charge is 2.41. The second-order valence-corrected chi connectivity index (χ2v) is 4.21. The highest BCUT2D eigenvalue weighted by atomic mass is 16.1. The molecule has 16 heavy (non-hydrogen) atoms. The van der Waals surface area contributed by atoms with E-state index in [0.29, 0.717) is 12.8 Å². The van der Waals surface area contributed by atoms with Crippen LogP contribution in [0.5, 0.6) is 0 Å². The summed E-state index contributed by atoms with van der Waals surface area (Å²) in [4.78, 5) is 13.8. The van der Waals surface area contributed by atoms with Gasteiger partial charge in [-0.2, -0.15) is 0 Å². The summed E-state index contributed by atoms with van der Waals surface area (Å²) < 4.78 is 0. The maximum Gasteiger partial charge on any atom is 0.239 e. The standard InChI is InChI=1S/C13H18N2O/c1-3-8-13(9-4-2,12(14)16)15-10-6-5-7-11-15/h1-2H,5-11H2,(H2,14,16). The number of primary amides is 1. The molecule has 0 unspecified atom stereocenters. The topological polar surface area (TPSA) is 46.3 Å². The molecule has 0 saturated carbocycles. The van der Waals surface area contributed by atoms with Crippen LogP contribution >= 0.6 is 0 Å². The molecule has 0 atom stereocenters. The van der Waals surface area contributed by atoms with Crippen LogP contribution in [0.1, 0.15) is 32.1 Å². The molecule has 2 N–H and O–H groups in total. The summed E-state index contributed by atoms with van der Waals surface area (Å²) in [6.07, 6.45) is 14.6. The van der Waals surface area contributed by atoms with E-state index in [2.05, 4.69) is 16.7 Å². The molecule has 1 amide bonds. The lowest BCUT2D eigenvalue weighted by molar-refractivity contribution is -0.130. The minimum Gasteiger partial charge on any atom is -0.368 e. The summed E-state index contributed by atoms with van der Waals surface area (Å²) >= 11 is 0. The summed E-state index contributed by atoms with van der Waals surface area (Å²) in [5.74, 6) is 4.67. The van der Waals surface area contributed by atoms with E-state index in [9.17, 15) is 4.79 Å². The van der Waals surface area contributed by atoms with Crippen LogP contribution in [-0.2, 0) is 4.79 Å². The molecule has 1 rings (SSSR count). The van der Waals surface area contributed by atoms with Crippen molar-refractivity contribution >= 4 is 5.91 Å². The van der Waals surface area contributed by atoms with Gasteiger partial charge in [0.2, 0.25) is 5.91 Å². The number of hydrogen-bond acceptors (Lipinski definition) is 2. The average molecular weight is 218 g/mol. The fraction of sp³-hybridized carbons (Fsp3) is 0.615. The second kappa shape index (κ2) is 5.58. The third-order valence-electron chi connectivity index (χ3n) is 3.21. The zero-order valence-electron chi connectivity index (χ0n) is 9.54. The molecule has 0 aromatic heterocycles. The summed E-state index contributed by atoms with van der Waals surface area (Å²) in [7, 11) is 0. The predicted molar refractivity (Wildman–Crippen MR) is 64.2 cm³/mol. The SMILES string of the molecule is C#CCC(CC#C)(C(N)=O)N1CCCCC1. The number of nitrogens with two attached hydrogens (primary N) is 1. The summed E-state index contributed by atoms with van der Waals surface area (Å²) in [5.41, 5.74) is 4.67. The van der Waals surface area contributed by atoms with E-state index in [1.54, 1.807) is 0 Å². The van der Waals surface area contributed by atoms with Crippen LogP contribution in [0.15, 0.2) is 0 Å². The Morgan fingerprint density at radius 3 is 2.06 bits per heavy atom. The molecule has 1 aliphatic heterocycles. The Balaban J connectivity index is 2.95. The number of nitrogens with zero attached hydrogens (tertiary/aromatic N) is 1. The number of hydrogen-bond donors (Lipinski definition) is 1. The molecular weight excluding hydrogens is 200 g/mol. The normalized spacial score (nSPS) is 17.4. The van der Waals surface area contributed by atoms with E-state index in [1.165, 1.54) is 6.42 Å². The fourth-order valence-electron chi connectivity index (χ4n) is 2.28. The fourth-order valence-corrected chi connectivity index (χ4v) is 2.28. The number of carbonyl (C=O) groups excluding carboxylic acids is 1. The minimum absolute atomic E-state index is 0.298. The Morgan fingerprint density at radius 2 is 1.69 bits per heavy atom. The van der Waals surface area contributed by atoms with Crippen molar-refractivity contribution in [2.45, 2.75) is 37.6 Å². The van der Waals surface area contributed by atoms with Gasteiger partial charge in [0.15, 0.2) is 0 Å². The van der Waals surface area contributed by atoms with Gasteiger partial charge < -0.3 is 5.73 Å². The van der Waals surface area contributed by atoms with Crippen molar-refractivity contribution in [1.29, 1.82) is 0 Å². The van der Waals surface area contributed by atoms with E-state index < -0.39 is 11.4 Å². The van der Waals surface area contributed by atoms with E-state index in [0.717, 1.165) is 25.9 Å². The van der Waals surface area contributed by atoms with E-state index in [1.807, 2.05) is 0 Å². The number of terminal acetylenes is 2. The smallest absolute Gasteiger partial charge is 0.239 e. The van der Waals surface area contributed by atoms with Gasteiger partial charge >= 0.3 is 0 Å². The molecule has 0 aromatic carbocycles. The van der Waals surface area contributed by atoms with Crippen molar-refractivity contribution in [1.82, 2.24) is 4.90 Å². The molecule has 0 radical (unpaired) electrons. The first-order chi connectivity index (χ1) is 7.67. The van der Waals surface area contributed by atoms with Gasteiger partial charge in [-0.25, -0.2) is 0 Å². The van der Waals surface area contributed by atoms with Crippen molar-refractivity contribution in [2.24, 2.45) is 5.73 Å². The van der Waals surface area contributed by atoms with Crippen molar-refractivity contribution in [3.63, 3.8) is 0 Å². The average Bonchev–Trinajstić information content (AvgIpc) is 2.29. The largest absolute Gasteiger partial charge is 0.368 e. The third kappa shape index (κ3) is 2.38. The van der Waals surface area contributed by atoms with Crippen LogP contribution < -0.4 is 5.73 Å². The van der Waals surface area contributed by atoms with Crippen molar-refractivity contribution < 1.29 is 4.79 Å². The minimum atomic E-state index is -0.829. The van der Waals surface area contributed by atoms with Crippen LogP contribution in [0.2, 0.25) is 0 Å². The van der Waals surface area contributed by atoms with Gasteiger partial charge in [-0.05, 0) is 25.9 Å². The van der Waals surface area contributed by atoms with Crippen LogP contribution in [0.25, 0.3) is 0 Å². The molecule has 3 heteroatoms. The first-order valence-corrected chi connectivity index (χ1v) is 5.59. The first-order valence-electron chi connectivity index (χ1n) is 5.59. The first kappa shape index (κ1) is 12.6. The predicted octanol–water partition coefficient (Wildman–Crippen LogP) is 0.743. The van der Waals surface area contributed by atoms with Gasteiger partial charge in [0.05, 0.1) is 0 Å². The zero-order chi connectivity index (χ0) is 12.0. The molecule has 0 aliphatic carbocycles. The van der Waals surface area contributed by atoms with Gasteiger partial charge in [0.1, 0.15) is 5.54 Å². The van der Waals surface area contributed by atoms with Gasteiger partial charge in [-0.3, -0.25) is 9.69 Å². The zero-order valence-corrected chi connectivity index (χ0v) is 9.54. The summed E-state index contributed by atoms with van der Waals surface area (Å²) in [6.45, 7) is 1.71. The molecule has 86 valence electrons. The third-order valence-corrected chi connectivity index (χ3v) is 3.21.